The van der Waals surface area contributed by atoms with Crippen molar-refractivity contribution in [1.82, 2.24) is 4.90 Å². The lowest BCUT2D eigenvalue weighted by Gasteiger charge is -2.39. The monoisotopic (exact) mass is 362 g/mol. The van der Waals surface area contributed by atoms with Crippen LogP contribution >= 0.6 is 0 Å². The molecule has 1 fully saturated rings. The Balaban J connectivity index is 1.66. The molecule has 2 aromatic rings. The molecule has 0 atom stereocenters. The number of benzene rings is 2. The average molecular weight is 362 g/mol. The predicted molar refractivity (Wildman–Crippen MR) is 98.0 cm³/mol. The number of hydrogen-bond acceptors (Lipinski definition) is 3. The summed E-state index contributed by atoms with van der Waals surface area (Å²) in [4.78, 5) is 2.49. The Labute approximate surface area is 148 Å². The van der Waals surface area contributed by atoms with E-state index in [4.69, 9.17) is 0 Å². The van der Waals surface area contributed by atoms with Gasteiger partial charge in [0.05, 0.1) is 4.90 Å². The highest BCUT2D eigenvalue weighted by atomic mass is 32.2. The molecule has 1 aliphatic heterocycles. The van der Waals surface area contributed by atoms with E-state index in [0.29, 0.717) is 17.2 Å². The summed E-state index contributed by atoms with van der Waals surface area (Å²) in [6.45, 7) is 4.75. The Hall–Kier alpha value is -1.92. The van der Waals surface area contributed by atoms with Crippen LogP contribution < -0.4 is 4.72 Å². The molecule has 0 unspecified atom stereocenters. The summed E-state index contributed by atoms with van der Waals surface area (Å²) in [7, 11) is -3.71. The van der Waals surface area contributed by atoms with E-state index >= 15 is 0 Å². The maximum absolute atomic E-state index is 12.7. The lowest BCUT2D eigenvalue weighted by molar-refractivity contribution is 0.149. The summed E-state index contributed by atoms with van der Waals surface area (Å²) >= 11 is 0. The third kappa shape index (κ3) is 4.19. The highest BCUT2D eigenvalue weighted by molar-refractivity contribution is 7.92. The van der Waals surface area contributed by atoms with Crippen LogP contribution in [0.2, 0.25) is 0 Å². The molecule has 0 spiro atoms. The zero-order chi connectivity index (χ0) is 17.9. The number of rotatable bonds is 7. The van der Waals surface area contributed by atoms with Crippen molar-refractivity contribution in [1.29, 1.82) is 0 Å². The Morgan fingerprint density at radius 3 is 2.52 bits per heavy atom. The maximum atomic E-state index is 12.7. The van der Waals surface area contributed by atoms with Crippen molar-refractivity contribution in [2.45, 2.75) is 30.8 Å². The van der Waals surface area contributed by atoms with Crippen molar-refractivity contribution in [2.75, 3.05) is 24.4 Å². The van der Waals surface area contributed by atoms with E-state index in [2.05, 4.69) is 16.5 Å². The van der Waals surface area contributed by atoms with Crippen LogP contribution in [-0.2, 0) is 16.7 Å². The Morgan fingerprint density at radius 1 is 1.16 bits per heavy atom. The lowest BCUT2D eigenvalue weighted by Crippen LogP contribution is -2.45. The number of nitrogens with zero attached hydrogens (tertiary/aromatic N) is 1. The van der Waals surface area contributed by atoms with Crippen molar-refractivity contribution in [2.24, 2.45) is 0 Å². The Bertz CT molecular complexity index is 816. The first kappa shape index (κ1) is 17.9. The standard InChI is InChI=1S/C19H23FN2O2S/c1-2-10-22-13-17(14-22)16-6-8-18(9-7-16)21-25(23,24)19-5-3-4-15(11-19)12-20/h3-9,11,17,21H,2,10,12-14H2,1H3. The minimum atomic E-state index is -3.71. The van der Waals surface area contributed by atoms with E-state index in [9.17, 15) is 12.8 Å². The highest BCUT2D eigenvalue weighted by Gasteiger charge is 2.27. The minimum absolute atomic E-state index is 0.0703. The van der Waals surface area contributed by atoms with Crippen molar-refractivity contribution in [3.05, 3.63) is 59.7 Å². The smallest absolute Gasteiger partial charge is 0.261 e. The van der Waals surface area contributed by atoms with Crippen LogP contribution in [0.5, 0.6) is 0 Å². The zero-order valence-corrected chi connectivity index (χ0v) is 15.1. The Morgan fingerprint density at radius 2 is 1.88 bits per heavy atom. The maximum Gasteiger partial charge on any atom is 0.261 e. The molecule has 6 heteroatoms. The summed E-state index contributed by atoms with van der Waals surface area (Å²) < 4.78 is 40.2. The molecule has 0 bridgehead atoms. The third-order valence-corrected chi connectivity index (χ3v) is 5.87. The lowest BCUT2D eigenvalue weighted by atomic mass is 9.91. The van der Waals surface area contributed by atoms with Gasteiger partial charge in [-0.3, -0.25) is 4.72 Å². The first-order chi connectivity index (χ1) is 12.0. The fourth-order valence-corrected chi connectivity index (χ4v) is 4.24. The van der Waals surface area contributed by atoms with Gasteiger partial charge in [0, 0.05) is 24.7 Å². The number of alkyl halides is 1. The van der Waals surface area contributed by atoms with Gasteiger partial charge in [0.25, 0.3) is 10.0 Å². The van der Waals surface area contributed by atoms with Crippen LogP contribution in [-0.4, -0.2) is 33.0 Å². The van der Waals surface area contributed by atoms with Crippen LogP contribution in [0.15, 0.2) is 53.4 Å². The molecule has 0 saturated carbocycles. The molecule has 1 aliphatic rings. The molecule has 0 aliphatic carbocycles. The molecule has 0 aromatic heterocycles. The van der Waals surface area contributed by atoms with Gasteiger partial charge in [-0.1, -0.05) is 31.2 Å². The van der Waals surface area contributed by atoms with E-state index in [1.54, 1.807) is 24.3 Å². The van der Waals surface area contributed by atoms with E-state index in [1.807, 2.05) is 12.1 Å². The molecule has 0 amide bonds. The number of likely N-dealkylation sites (tertiary alicyclic amines) is 1. The summed E-state index contributed by atoms with van der Waals surface area (Å²) in [6, 6.07) is 13.5. The largest absolute Gasteiger partial charge is 0.302 e. The molecular formula is C19H23FN2O2S. The molecule has 134 valence electrons. The van der Waals surface area contributed by atoms with Crippen LogP contribution in [0, 0.1) is 0 Å². The van der Waals surface area contributed by atoms with Crippen molar-refractivity contribution in [3.63, 3.8) is 0 Å². The number of halogens is 1. The fourth-order valence-electron chi connectivity index (χ4n) is 3.11. The van der Waals surface area contributed by atoms with Gasteiger partial charge in [-0.15, -0.1) is 0 Å². The average Bonchev–Trinajstić information content (AvgIpc) is 2.58. The fraction of sp³-hybridized carbons (Fsp3) is 0.368. The van der Waals surface area contributed by atoms with Gasteiger partial charge in [-0.05, 0) is 48.4 Å². The molecule has 1 heterocycles. The first-order valence-electron chi connectivity index (χ1n) is 8.52. The van der Waals surface area contributed by atoms with Gasteiger partial charge in [0.2, 0.25) is 0 Å². The molecule has 4 nitrogen and oxygen atoms in total. The molecule has 2 aromatic carbocycles. The van der Waals surface area contributed by atoms with Crippen molar-refractivity contribution in [3.8, 4) is 0 Å². The summed E-state index contributed by atoms with van der Waals surface area (Å²) in [6.07, 6.45) is 1.16. The molecule has 3 rings (SSSR count). The van der Waals surface area contributed by atoms with E-state index in [1.165, 1.54) is 17.7 Å². The zero-order valence-electron chi connectivity index (χ0n) is 14.3. The van der Waals surface area contributed by atoms with Crippen LogP contribution in [0.4, 0.5) is 10.1 Å². The minimum Gasteiger partial charge on any atom is -0.302 e. The molecule has 0 radical (unpaired) electrons. The Kier molecular flexibility index (Phi) is 5.39. The van der Waals surface area contributed by atoms with E-state index in [-0.39, 0.29) is 4.90 Å². The van der Waals surface area contributed by atoms with Gasteiger partial charge in [0.15, 0.2) is 0 Å². The van der Waals surface area contributed by atoms with Crippen molar-refractivity contribution >= 4 is 15.7 Å². The van der Waals surface area contributed by atoms with Crippen molar-refractivity contribution < 1.29 is 12.8 Å². The number of sulfonamides is 1. The van der Waals surface area contributed by atoms with Crippen LogP contribution in [0.25, 0.3) is 0 Å². The van der Waals surface area contributed by atoms with E-state index < -0.39 is 16.7 Å². The van der Waals surface area contributed by atoms with E-state index in [0.717, 1.165) is 26.1 Å². The molecule has 25 heavy (non-hydrogen) atoms. The molecular weight excluding hydrogens is 339 g/mol. The van der Waals surface area contributed by atoms with Gasteiger partial charge in [-0.25, -0.2) is 12.8 Å². The second-order valence-electron chi connectivity index (χ2n) is 6.47. The van der Waals surface area contributed by atoms with Gasteiger partial charge in [0.1, 0.15) is 6.67 Å². The summed E-state index contributed by atoms with van der Waals surface area (Å²) in [5.41, 5.74) is 2.09. The number of anilines is 1. The second-order valence-corrected chi connectivity index (χ2v) is 8.15. The predicted octanol–water partition coefficient (Wildman–Crippen LogP) is 3.77. The van der Waals surface area contributed by atoms with Crippen LogP contribution in [0.3, 0.4) is 0 Å². The summed E-state index contributed by atoms with van der Waals surface area (Å²) in [5.74, 6) is 0.526. The molecule has 1 saturated heterocycles. The van der Waals surface area contributed by atoms with Gasteiger partial charge < -0.3 is 4.90 Å². The molecule has 1 N–H and O–H groups in total. The summed E-state index contributed by atoms with van der Waals surface area (Å²) in [5, 5.41) is 0. The van der Waals surface area contributed by atoms with Crippen LogP contribution in [0.1, 0.15) is 30.4 Å². The highest BCUT2D eigenvalue weighted by Crippen LogP contribution is 2.28. The third-order valence-electron chi connectivity index (χ3n) is 4.49. The second kappa shape index (κ2) is 7.54. The topological polar surface area (TPSA) is 49.4 Å². The first-order valence-corrected chi connectivity index (χ1v) is 10.00. The van der Waals surface area contributed by atoms with Gasteiger partial charge >= 0.3 is 0 Å². The number of nitrogens with one attached hydrogen (secondary N) is 1. The SMILES string of the molecule is CCCN1CC(c2ccc(NS(=O)(=O)c3cccc(CF)c3)cc2)C1. The van der Waals surface area contributed by atoms with Gasteiger partial charge in [-0.2, -0.15) is 0 Å². The number of hydrogen-bond donors (Lipinski definition) is 1. The quantitative estimate of drug-likeness (QED) is 0.816. The normalized spacial score (nSPS) is 15.8.